The van der Waals surface area contributed by atoms with Crippen LogP contribution in [-0.2, 0) is 8.85 Å². The molecule has 0 bridgehead atoms. The molecule has 0 saturated carbocycles. The molecule has 0 spiro atoms. The molecule has 10 heteroatoms. The fourth-order valence-corrected chi connectivity index (χ4v) is 0.740. The molecule has 0 radical (unpaired) electrons. The van der Waals surface area contributed by atoms with E-state index in [1.165, 1.54) is 0 Å². The quantitative estimate of drug-likeness (QED) is 0.200. The Morgan fingerprint density at radius 3 is 1.18 bits per heavy atom. The summed E-state index contributed by atoms with van der Waals surface area (Å²) >= 11 is 0. The van der Waals surface area contributed by atoms with Gasteiger partial charge in [0.2, 0.25) is 0 Å². The molecule has 11 heavy (non-hydrogen) atoms. The fraction of sp³-hybridized carbons (Fsp3) is 1.00. The van der Waals surface area contributed by atoms with Gasteiger partial charge in [-0.2, -0.15) is 0 Å². The van der Waals surface area contributed by atoms with E-state index >= 15 is 0 Å². The standard InChI is InChI=1S/CH8O8Si2/c2-10(3,4)8-1-9-11(5,6)7/h2-7H,1H2. The summed E-state index contributed by atoms with van der Waals surface area (Å²) in [6, 6.07) is 0. The largest absolute Gasteiger partial charge is 0.673 e. The van der Waals surface area contributed by atoms with Crippen molar-refractivity contribution in [2.24, 2.45) is 0 Å². The Labute approximate surface area is 63.5 Å². The number of rotatable bonds is 4. The zero-order valence-corrected chi connectivity index (χ0v) is 7.21. The summed E-state index contributed by atoms with van der Waals surface area (Å²) in [4.78, 5) is 48.8. The third-order valence-electron chi connectivity index (χ3n) is 0.505. The zero-order valence-electron chi connectivity index (χ0n) is 5.21. The van der Waals surface area contributed by atoms with Crippen molar-refractivity contribution in [3.05, 3.63) is 0 Å². The Morgan fingerprint density at radius 1 is 0.727 bits per heavy atom. The summed E-state index contributed by atoms with van der Waals surface area (Å²) in [6.45, 7) is -1.01. The molecule has 0 aliphatic carbocycles. The monoisotopic (exact) mass is 204 g/mol. The molecule has 0 aromatic carbocycles. The minimum absolute atomic E-state index is 1.01. The van der Waals surface area contributed by atoms with Crippen molar-refractivity contribution in [3.8, 4) is 0 Å². The van der Waals surface area contributed by atoms with Gasteiger partial charge in [0, 0.05) is 0 Å². The van der Waals surface area contributed by atoms with Gasteiger partial charge < -0.3 is 37.6 Å². The molecule has 0 saturated heterocycles. The molecular formula is CH8O8Si2. The smallest absolute Gasteiger partial charge is 0.368 e. The first-order valence-corrected chi connectivity index (χ1v) is 5.83. The molecule has 0 aliphatic rings. The summed E-state index contributed by atoms with van der Waals surface area (Å²) in [5, 5.41) is 0. The van der Waals surface area contributed by atoms with E-state index in [1.807, 2.05) is 0 Å². The predicted molar refractivity (Wildman–Crippen MR) is 31.9 cm³/mol. The summed E-state index contributed by atoms with van der Waals surface area (Å²) in [6.07, 6.45) is 0. The normalized spacial score (nSPS) is 13.6. The highest BCUT2D eigenvalue weighted by Gasteiger charge is 2.35. The van der Waals surface area contributed by atoms with E-state index in [1.54, 1.807) is 0 Å². The van der Waals surface area contributed by atoms with Crippen LogP contribution in [-0.4, -0.2) is 53.7 Å². The SMILES string of the molecule is O[Si](O)(O)OCO[Si](O)(O)O. The lowest BCUT2D eigenvalue weighted by Gasteiger charge is -2.12. The van der Waals surface area contributed by atoms with Gasteiger partial charge in [-0.1, -0.05) is 0 Å². The molecule has 0 rings (SSSR count). The molecule has 0 aromatic heterocycles. The highest BCUT2D eigenvalue weighted by atomic mass is 28.4. The molecule has 68 valence electrons. The molecular weight excluding hydrogens is 196 g/mol. The van der Waals surface area contributed by atoms with Crippen LogP contribution in [0.2, 0.25) is 0 Å². The van der Waals surface area contributed by atoms with Gasteiger partial charge >= 0.3 is 18.1 Å². The van der Waals surface area contributed by atoms with Crippen molar-refractivity contribution in [1.29, 1.82) is 0 Å². The Balaban J connectivity index is 3.44. The van der Waals surface area contributed by atoms with E-state index in [4.69, 9.17) is 28.8 Å². The first kappa shape index (κ1) is 11.1. The first-order chi connectivity index (χ1) is 4.71. The van der Waals surface area contributed by atoms with Crippen LogP contribution in [0.15, 0.2) is 0 Å². The van der Waals surface area contributed by atoms with Gasteiger partial charge in [0.15, 0.2) is 0 Å². The van der Waals surface area contributed by atoms with Crippen LogP contribution in [0, 0.1) is 0 Å². The van der Waals surface area contributed by atoms with E-state index in [0.29, 0.717) is 0 Å². The molecule has 8 nitrogen and oxygen atoms in total. The molecule has 0 unspecified atom stereocenters. The second-order valence-electron chi connectivity index (χ2n) is 1.55. The lowest BCUT2D eigenvalue weighted by atomic mass is 11.6. The molecule has 0 atom stereocenters. The van der Waals surface area contributed by atoms with E-state index in [2.05, 4.69) is 8.85 Å². The van der Waals surface area contributed by atoms with Gasteiger partial charge in [0.1, 0.15) is 6.79 Å². The number of hydrogen-bond acceptors (Lipinski definition) is 8. The van der Waals surface area contributed by atoms with E-state index in [-0.39, 0.29) is 0 Å². The Kier molecular flexibility index (Phi) is 3.72. The first-order valence-electron chi connectivity index (χ1n) is 2.33. The van der Waals surface area contributed by atoms with Gasteiger partial charge in [-0.05, 0) is 0 Å². The zero-order chi connectivity index (χ0) is 9.12. The van der Waals surface area contributed by atoms with Gasteiger partial charge in [0.25, 0.3) is 0 Å². The molecule has 0 fully saturated rings. The molecule has 0 aliphatic heterocycles. The van der Waals surface area contributed by atoms with Crippen LogP contribution < -0.4 is 0 Å². The minimum atomic E-state index is -4.69. The van der Waals surface area contributed by atoms with Gasteiger partial charge in [-0.15, -0.1) is 0 Å². The summed E-state index contributed by atoms with van der Waals surface area (Å²) in [5.74, 6) is 0. The van der Waals surface area contributed by atoms with Crippen LogP contribution in [0.3, 0.4) is 0 Å². The van der Waals surface area contributed by atoms with E-state index in [0.717, 1.165) is 0 Å². The average Bonchev–Trinajstić information content (AvgIpc) is 1.55. The van der Waals surface area contributed by atoms with E-state index < -0.39 is 24.9 Å². The molecule has 0 heterocycles. The Bertz CT molecular complexity index is 96.2. The maximum absolute atomic E-state index is 8.13. The van der Waals surface area contributed by atoms with Crippen molar-refractivity contribution in [2.45, 2.75) is 0 Å². The molecule has 0 aromatic rings. The second-order valence-corrected chi connectivity index (χ2v) is 4.43. The van der Waals surface area contributed by atoms with Crippen molar-refractivity contribution in [3.63, 3.8) is 0 Å². The fourth-order valence-electron chi connectivity index (χ4n) is 0.188. The number of hydrogen-bond donors (Lipinski definition) is 6. The van der Waals surface area contributed by atoms with Crippen LogP contribution >= 0.6 is 0 Å². The van der Waals surface area contributed by atoms with Crippen molar-refractivity contribution >= 4 is 18.1 Å². The second kappa shape index (κ2) is 3.68. The predicted octanol–water partition coefficient (Wildman–Crippen LogP) is -4.20. The topological polar surface area (TPSA) is 140 Å². The minimum Gasteiger partial charge on any atom is -0.368 e. The maximum atomic E-state index is 8.13. The van der Waals surface area contributed by atoms with Gasteiger partial charge in [-0.25, -0.2) is 0 Å². The molecule has 6 N–H and O–H groups in total. The lowest BCUT2D eigenvalue weighted by Crippen LogP contribution is -2.44. The van der Waals surface area contributed by atoms with Crippen LogP contribution in [0.25, 0.3) is 0 Å². The maximum Gasteiger partial charge on any atom is 0.673 e. The van der Waals surface area contributed by atoms with Crippen LogP contribution in [0.5, 0.6) is 0 Å². The Hall–Kier alpha value is 0.114. The van der Waals surface area contributed by atoms with Crippen LogP contribution in [0.4, 0.5) is 0 Å². The van der Waals surface area contributed by atoms with Crippen molar-refractivity contribution in [2.75, 3.05) is 6.79 Å². The average molecular weight is 204 g/mol. The lowest BCUT2D eigenvalue weighted by molar-refractivity contribution is -0.0469. The third-order valence-corrected chi connectivity index (χ3v) is 1.52. The summed E-state index contributed by atoms with van der Waals surface area (Å²) in [5.41, 5.74) is 0. The van der Waals surface area contributed by atoms with Crippen molar-refractivity contribution < 1.29 is 37.6 Å². The Morgan fingerprint density at radius 2 is 1.00 bits per heavy atom. The van der Waals surface area contributed by atoms with Gasteiger partial charge in [0.05, 0.1) is 0 Å². The van der Waals surface area contributed by atoms with Crippen molar-refractivity contribution in [1.82, 2.24) is 0 Å². The van der Waals surface area contributed by atoms with Gasteiger partial charge in [-0.3, -0.25) is 0 Å². The van der Waals surface area contributed by atoms with Crippen LogP contribution in [0.1, 0.15) is 0 Å². The third kappa shape index (κ3) is 10.1. The highest BCUT2D eigenvalue weighted by Crippen LogP contribution is 1.93. The summed E-state index contributed by atoms with van der Waals surface area (Å²) in [7, 11) is -9.39. The molecule has 0 amide bonds. The van der Waals surface area contributed by atoms with E-state index in [9.17, 15) is 0 Å². The highest BCUT2D eigenvalue weighted by molar-refractivity contribution is 6.49. The summed E-state index contributed by atoms with van der Waals surface area (Å²) < 4.78 is 7.49.